The van der Waals surface area contributed by atoms with Crippen molar-refractivity contribution in [3.05, 3.63) is 58.4 Å². The molecule has 2 aromatic rings. The predicted octanol–water partition coefficient (Wildman–Crippen LogP) is 2.90. The van der Waals surface area contributed by atoms with Crippen LogP contribution in [0.2, 0.25) is 5.02 Å². The average molecular weight is 520 g/mol. The number of likely N-dealkylation sites (tertiary alicyclic amines) is 1. The molecule has 3 aliphatic rings. The summed E-state index contributed by atoms with van der Waals surface area (Å²) in [4.78, 5) is 31.9. The zero-order valence-corrected chi connectivity index (χ0v) is 20.0. The van der Waals surface area contributed by atoms with Gasteiger partial charge in [0.05, 0.1) is 27.4 Å². The Hall–Kier alpha value is -3.03. The van der Waals surface area contributed by atoms with Crippen molar-refractivity contribution in [2.24, 2.45) is 11.8 Å². The highest BCUT2D eigenvalue weighted by atomic mass is 35.5. The third kappa shape index (κ3) is 4.39. The minimum absolute atomic E-state index is 0.00268. The summed E-state index contributed by atoms with van der Waals surface area (Å²) in [5.41, 5.74) is 0.0209. The van der Waals surface area contributed by atoms with Crippen molar-refractivity contribution in [3.8, 4) is 11.8 Å². The fourth-order valence-corrected chi connectivity index (χ4v) is 5.31. The van der Waals surface area contributed by atoms with Crippen molar-refractivity contribution in [2.75, 3.05) is 6.26 Å². The number of benzene rings is 1. The summed E-state index contributed by atoms with van der Waals surface area (Å²) in [6.45, 7) is 0. The van der Waals surface area contributed by atoms with Gasteiger partial charge < -0.3 is 10.2 Å². The van der Waals surface area contributed by atoms with Crippen LogP contribution in [0.1, 0.15) is 41.2 Å². The number of nitrogens with zero attached hydrogens (tertiary/aromatic N) is 2. The summed E-state index contributed by atoms with van der Waals surface area (Å²) in [6.07, 6.45) is 5.15. The maximum atomic E-state index is 14.6. The van der Waals surface area contributed by atoms with Crippen LogP contribution in [0.4, 0.5) is 8.78 Å². The second kappa shape index (κ2) is 8.57. The van der Waals surface area contributed by atoms with E-state index in [0.29, 0.717) is 0 Å². The quantitative estimate of drug-likeness (QED) is 0.467. The Bertz CT molecular complexity index is 1420. The second-order valence-corrected chi connectivity index (χ2v) is 11.5. The van der Waals surface area contributed by atoms with Gasteiger partial charge in [0.15, 0.2) is 9.84 Å². The Morgan fingerprint density at radius 3 is 2.54 bits per heavy atom. The van der Waals surface area contributed by atoms with Crippen molar-refractivity contribution in [3.63, 3.8) is 0 Å². The number of sulfone groups is 1. The van der Waals surface area contributed by atoms with E-state index in [-0.39, 0.29) is 39.3 Å². The van der Waals surface area contributed by atoms with Crippen molar-refractivity contribution < 1.29 is 26.8 Å². The van der Waals surface area contributed by atoms with Gasteiger partial charge in [0.1, 0.15) is 23.7 Å². The molecule has 2 amide bonds. The fraction of sp³-hybridized carbons (Fsp3) is 0.375. The third-order valence-electron chi connectivity index (χ3n) is 6.60. The zero-order valence-electron chi connectivity index (χ0n) is 18.5. The molecule has 11 heteroatoms. The standard InChI is InChI=1S/C24H20ClF2N3O4S/c1-35(33,34)15-6-14(10-28-11-15)24(32)30-20-5-4-13(20)7-21(30)23(31)29-22(12-2-3-12)16-8-19(27)17(25)9-18(16)26/h6,8-13,20-22H,2-3,7H2,1H3,(H,29,31)/t13-,20-,21-,22-/m1/s1. The zero-order chi connectivity index (χ0) is 25.1. The van der Waals surface area contributed by atoms with Crippen LogP contribution in [-0.4, -0.2) is 48.5 Å². The largest absolute Gasteiger partial charge is 0.347 e. The van der Waals surface area contributed by atoms with Crippen molar-refractivity contribution in [1.29, 1.82) is 0 Å². The van der Waals surface area contributed by atoms with Gasteiger partial charge >= 0.3 is 0 Å². The number of pyridine rings is 1. The molecule has 35 heavy (non-hydrogen) atoms. The first-order valence-electron chi connectivity index (χ1n) is 11.0. The first-order valence-corrected chi connectivity index (χ1v) is 13.2. The monoisotopic (exact) mass is 519 g/mol. The van der Waals surface area contributed by atoms with E-state index < -0.39 is 51.4 Å². The van der Waals surface area contributed by atoms with Crippen LogP contribution >= 0.6 is 11.6 Å². The van der Waals surface area contributed by atoms with E-state index in [2.05, 4.69) is 22.1 Å². The van der Waals surface area contributed by atoms with Crippen LogP contribution < -0.4 is 5.32 Å². The van der Waals surface area contributed by atoms with Crippen LogP contribution in [0.3, 0.4) is 0 Å². The van der Waals surface area contributed by atoms with Gasteiger partial charge in [-0.15, -0.1) is 0 Å². The summed E-state index contributed by atoms with van der Waals surface area (Å²) in [5.74, 6) is 2.97. The molecule has 1 saturated carbocycles. The van der Waals surface area contributed by atoms with E-state index in [1.165, 1.54) is 17.2 Å². The van der Waals surface area contributed by atoms with Gasteiger partial charge in [0.2, 0.25) is 5.91 Å². The van der Waals surface area contributed by atoms with Gasteiger partial charge in [-0.25, -0.2) is 17.2 Å². The Kier molecular flexibility index (Phi) is 5.80. The second-order valence-electron chi connectivity index (χ2n) is 9.10. The Morgan fingerprint density at radius 2 is 1.91 bits per heavy atom. The summed E-state index contributed by atoms with van der Waals surface area (Å²) in [5, 5.41) is 2.47. The van der Waals surface area contributed by atoms with Gasteiger partial charge in [0, 0.05) is 24.2 Å². The number of carbonyl (C=O) groups is 2. The lowest BCUT2D eigenvalue weighted by atomic mass is 9.92. The van der Waals surface area contributed by atoms with E-state index in [4.69, 9.17) is 11.6 Å². The number of nitrogens with one attached hydrogen (secondary N) is 1. The number of carbonyl (C=O) groups excluding carboxylic acids is 2. The molecule has 4 atom stereocenters. The van der Waals surface area contributed by atoms with Gasteiger partial charge in [-0.3, -0.25) is 14.6 Å². The molecule has 1 aromatic heterocycles. The molecule has 1 N–H and O–H groups in total. The number of halogens is 3. The maximum absolute atomic E-state index is 14.6. The normalized spacial score (nSPS) is 23.5. The molecule has 0 spiro atoms. The fourth-order valence-electron chi connectivity index (χ4n) is 4.57. The van der Waals surface area contributed by atoms with Gasteiger partial charge in [-0.1, -0.05) is 23.4 Å². The molecule has 182 valence electrons. The van der Waals surface area contributed by atoms with Crippen LogP contribution in [0, 0.1) is 35.3 Å². The summed E-state index contributed by atoms with van der Waals surface area (Å²) < 4.78 is 52.6. The SMILES string of the molecule is CS(=O)(=O)c1cncc(C(=O)N2[C@@H](C(=O)N[C@@H](c3cc(F)c(Cl)cc3F)C3CC3)C[C@H]3C#C[C@H]32)c1. The molecule has 1 aliphatic heterocycles. The smallest absolute Gasteiger partial charge is 0.257 e. The summed E-state index contributed by atoms with van der Waals surface area (Å²) >= 11 is 5.68. The Labute approximate surface area is 205 Å². The van der Waals surface area contributed by atoms with E-state index >= 15 is 0 Å². The summed E-state index contributed by atoms with van der Waals surface area (Å²) in [7, 11) is -3.60. The van der Waals surface area contributed by atoms with E-state index in [0.717, 1.165) is 37.4 Å². The Morgan fingerprint density at radius 1 is 1.17 bits per heavy atom. The first-order chi connectivity index (χ1) is 16.5. The maximum Gasteiger partial charge on any atom is 0.257 e. The molecular formula is C24H20ClF2N3O4S. The third-order valence-corrected chi connectivity index (χ3v) is 7.97. The van der Waals surface area contributed by atoms with Crippen molar-refractivity contribution >= 4 is 33.3 Å². The van der Waals surface area contributed by atoms with Gasteiger partial charge in [-0.2, -0.15) is 0 Å². The highest BCUT2D eigenvalue weighted by Gasteiger charge is 2.50. The van der Waals surface area contributed by atoms with Gasteiger partial charge in [-0.05, 0) is 43.4 Å². The molecule has 5 rings (SSSR count). The molecule has 1 aromatic carbocycles. The molecule has 2 aliphatic carbocycles. The number of fused-ring (bicyclic) bond motifs is 1. The predicted molar refractivity (Wildman–Crippen MR) is 122 cm³/mol. The molecule has 7 nitrogen and oxygen atoms in total. The number of aromatic nitrogens is 1. The first kappa shape index (κ1) is 23.7. The molecule has 0 radical (unpaired) electrons. The topological polar surface area (TPSA) is 96.4 Å². The van der Waals surface area contributed by atoms with Crippen LogP contribution in [0.15, 0.2) is 35.5 Å². The number of hydrogen-bond acceptors (Lipinski definition) is 5. The van der Waals surface area contributed by atoms with Gasteiger partial charge in [0.25, 0.3) is 5.91 Å². The Balaban J connectivity index is 1.42. The van der Waals surface area contributed by atoms with Crippen LogP contribution in [0.5, 0.6) is 0 Å². The minimum Gasteiger partial charge on any atom is -0.347 e. The minimum atomic E-state index is -3.60. The van der Waals surface area contributed by atoms with Crippen molar-refractivity contribution in [1.82, 2.24) is 15.2 Å². The number of rotatable bonds is 6. The highest BCUT2D eigenvalue weighted by molar-refractivity contribution is 7.90. The molecule has 0 bridgehead atoms. The van der Waals surface area contributed by atoms with Crippen LogP contribution in [-0.2, 0) is 14.6 Å². The van der Waals surface area contributed by atoms with Crippen molar-refractivity contribution in [2.45, 2.75) is 42.3 Å². The molecular weight excluding hydrogens is 500 g/mol. The number of amides is 2. The average Bonchev–Trinajstić information content (AvgIpc) is 3.59. The molecule has 1 saturated heterocycles. The lowest BCUT2D eigenvalue weighted by Crippen LogP contribution is -2.50. The molecule has 0 unspecified atom stereocenters. The number of hydrogen-bond donors (Lipinski definition) is 1. The van der Waals surface area contributed by atoms with E-state index in [1.54, 1.807) is 0 Å². The van der Waals surface area contributed by atoms with Crippen LogP contribution in [0.25, 0.3) is 0 Å². The van der Waals surface area contributed by atoms with E-state index in [9.17, 15) is 26.8 Å². The highest BCUT2D eigenvalue weighted by Crippen LogP contribution is 2.43. The molecule has 2 heterocycles. The summed E-state index contributed by atoms with van der Waals surface area (Å²) in [6, 6.07) is 0.897. The lowest BCUT2D eigenvalue weighted by molar-refractivity contribution is -0.126. The van der Waals surface area contributed by atoms with E-state index in [1.807, 2.05) is 0 Å². The molecule has 2 fully saturated rings. The lowest BCUT2D eigenvalue weighted by Gasteiger charge is -2.30.